The van der Waals surface area contributed by atoms with Crippen LogP contribution >= 0.6 is 0 Å². The minimum absolute atomic E-state index is 0.0800. The molecule has 0 aliphatic heterocycles. The quantitative estimate of drug-likeness (QED) is 0.643. The van der Waals surface area contributed by atoms with Crippen LogP contribution in [-0.4, -0.2) is 36.9 Å². The van der Waals surface area contributed by atoms with Gasteiger partial charge in [-0.1, -0.05) is 18.6 Å². The zero-order valence-corrected chi connectivity index (χ0v) is 12.4. The number of nitrogens with one attached hydrogen (secondary N) is 2. The first-order chi connectivity index (χ1) is 10.0. The number of aryl methyl sites for hydroxylation is 1. The fraction of sp³-hybridized carbons (Fsp3) is 0.467. The molecule has 6 nitrogen and oxygen atoms in total. The number of carboxylic acid groups (broad SMARTS) is 1. The molecule has 0 aliphatic carbocycles. The Bertz CT molecular complexity index is 489. The van der Waals surface area contributed by atoms with Crippen molar-refractivity contribution >= 4 is 17.7 Å². The van der Waals surface area contributed by atoms with Gasteiger partial charge < -0.3 is 20.5 Å². The molecule has 0 atom stereocenters. The number of amides is 2. The molecule has 0 aromatic heterocycles. The normalized spacial score (nSPS) is 10.2. The molecule has 1 rings (SSSR count). The van der Waals surface area contributed by atoms with Crippen LogP contribution in [0.4, 0.5) is 10.5 Å². The lowest BCUT2D eigenvalue weighted by Crippen LogP contribution is -2.30. The summed E-state index contributed by atoms with van der Waals surface area (Å²) in [4.78, 5) is 22.8. The van der Waals surface area contributed by atoms with E-state index in [1.165, 1.54) is 6.07 Å². The number of hydrogen-bond acceptors (Lipinski definition) is 3. The topological polar surface area (TPSA) is 87.7 Å². The van der Waals surface area contributed by atoms with Crippen molar-refractivity contribution in [2.75, 3.05) is 25.1 Å². The fourth-order valence-electron chi connectivity index (χ4n) is 1.73. The SMILES string of the molecule is CCCOCCCNC(=O)Nc1ccc(C)cc1C(=O)O. The van der Waals surface area contributed by atoms with Gasteiger partial charge in [0, 0.05) is 19.8 Å². The van der Waals surface area contributed by atoms with Gasteiger partial charge in [0.25, 0.3) is 0 Å². The second kappa shape index (κ2) is 8.97. The summed E-state index contributed by atoms with van der Waals surface area (Å²) in [6, 6.07) is 4.44. The number of carbonyl (C=O) groups excluding carboxylic acids is 1. The number of aromatic carboxylic acids is 1. The van der Waals surface area contributed by atoms with Crippen molar-refractivity contribution in [1.82, 2.24) is 5.32 Å². The third-order valence-corrected chi connectivity index (χ3v) is 2.75. The minimum atomic E-state index is -1.07. The summed E-state index contributed by atoms with van der Waals surface area (Å²) in [6.45, 7) is 5.63. The van der Waals surface area contributed by atoms with Crippen LogP contribution in [-0.2, 0) is 4.74 Å². The van der Waals surface area contributed by atoms with Crippen molar-refractivity contribution in [3.05, 3.63) is 29.3 Å². The van der Waals surface area contributed by atoms with Gasteiger partial charge in [0.2, 0.25) is 0 Å². The Morgan fingerprint density at radius 2 is 2.05 bits per heavy atom. The predicted octanol–water partition coefficient (Wildman–Crippen LogP) is 2.63. The molecule has 0 heterocycles. The molecule has 0 aliphatic rings. The van der Waals surface area contributed by atoms with Crippen LogP contribution in [0.5, 0.6) is 0 Å². The van der Waals surface area contributed by atoms with Gasteiger partial charge in [-0.2, -0.15) is 0 Å². The molecule has 0 bridgehead atoms. The number of urea groups is 1. The monoisotopic (exact) mass is 294 g/mol. The highest BCUT2D eigenvalue weighted by molar-refractivity contribution is 6.00. The van der Waals surface area contributed by atoms with E-state index in [1.807, 2.05) is 6.92 Å². The van der Waals surface area contributed by atoms with E-state index in [0.717, 1.165) is 18.6 Å². The van der Waals surface area contributed by atoms with E-state index in [-0.39, 0.29) is 11.3 Å². The molecule has 0 spiro atoms. The van der Waals surface area contributed by atoms with Crippen molar-refractivity contribution in [2.24, 2.45) is 0 Å². The molecule has 116 valence electrons. The fourth-order valence-corrected chi connectivity index (χ4v) is 1.73. The van der Waals surface area contributed by atoms with Gasteiger partial charge in [0.05, 0.1) is 11.3 Å². The second-order valence-corrected chi connectivity index (χ2v) is 4.70. The van der Waals surface area contributed by atoms with E-state index < -0.39 is 12.0 Å². The number of carbonyl (C=O) groups is 2. The highest BCUT2D eigenvalue weighted by Gasteiger charge is 2.12. The number of ether oxygens (including phenoxy) is 1. The maximum absolute atomic E-state index is 11.7. The van der Waals surface area contributed by atoms with Crippen LogP contribution in [0.3, 0.4) is 0 Å². The molecule has 1 aromatic rings. The summed E-state index contributed by atoms with van der Waals surface area (Å²) in [7, 11) is 0. The van der Waals surface area contributed by atoms with E-state index in [1.54, 1.807) is 19.1 Å². The Morgan fingerprint density at radius 1 is 1.29 bits per heavy atom. The van der Waals surface area contributed by atoms with Crippen molar-refractivity contribution in [3.63, 3.8) is 0 Å². The average molecular weight is 294 g/mol. The first kappa shape index (κ1) is 17.0. The number of rotatable bonds is 8. The van der Waals surface area contributed by atoms with Gasteiger partial charge in [0.15, 0.2) is 0 Å². The average Bonchev–Trinajstić information content (AvgIpc) is 2.44. The number of hydrogen-bond donors (Lipinski definition) is 3. The lowest BCUT2D eigenvalue weighted by Gasteiger charge is -2.10. The molecule has 0 radical (unpaired) electrons. The molecule has 0 unspecified atom stereocenters. The molecule has 0 saturated carbocycles. The van der Waals surface area contributed by atoms with Gasteiger partial charge in [-0.15, -0.1) is 0 Å². The zero-order chi connectivity index (χ0) is 15.7. The van der Waals surface area contributed by atoms with Crippen LogP contribution < -0.4 is 10.6 Å². The Morgan fingerprint density at radius 3 is 2.71 bits per heavy atom. The van der Waals surface area contributed by atoms with Crippen LogP contribution in [0.25, 0.3) is 0 Å². The van der Waals surface area contributed by atoms with Gasteiger partial charge in [-0.3, -0.25) is 0 Å². The third kappa shape index (κ3) is 6.27. The largest absolute Gasteiger partial charge is 0.478 e. The third-order valence-electron chi connectivity index (χ3n) is 2.75. The Hall–Kier alpha value is -2.08. The molecule has 2 amide bonds. The second-order valence-electron chi connectivity index (χ2n) is 4.70. The van der Waals surface area contributed by atoms with Crippen molar-refractivity contribution < 1.29 is 19.4 Å². The summed E-state index contributed by atoms with van der Waals surface area (Å²) in [5.74, 6) is -1.07. The molecule has 6 heteroatoms. The first-order valence-electron chi connectivity index (χ1n) is 7.01. The molecule has 21 heavy (non-hydrogen) atoms. The van der Waals surface area contributed by atoms with E-state index >= 15 is 0 Å². The smallest absolute Gasteiger partial charge is 0.337 e. The Kier molecular flexibility index (Phi) is 7.25. The summed E-state index contributed by atoms with van der Waals surface area (Å²) in [5.41, 5.74) is 1.19. The van der Waals surface area contributed by atoms with Crippen LogP contribution in [0.1, 0.15) is 35.7 Å². The lowest BCUT2D eigenvalue weighted by molar-refractivity contribution is 0.0698. The first-order valence-corrected chi connectivity index (χ1v) is 7.01. The van der Waals surface area contributed by atoms with Crippen LogP contribution in [0.15, 0.2) is 18.2 Å². The lowest BCUT2D eigenvalue weighted by atomic mass is 10.1. The Balaban J connectivity index is 2.43. The predicted molar refractivity (Wildman–Crippen MR) is 80.9 cm³/mol. The molecule has 0 fully saturated rings. The molecule has 1 aromatic carbocycles. The molecular weight excluding hydrogens is 272 g/mol. The van der Waals surface area contributed by atoms with Gasteiger partial charge in [0.1, 0.15) is 0 Å². The van der Waals surface area contributed by atoms with Gasteiger partial charge in [-0.05, 0) is 31.9 Å². The zero-order valence-electron chi connectivity index (χ0n) is 12.4. The summed E-state index contributed by atoms with van der Waals surface area (Å²) >= 11 is 0. The summed E-state index contributed by atoms with van der Waals surface area (Å²) in [6.07, 6.45) is 1.69. The van der Waals surface area contributed by atoms with Crippen molar-refractivity contribution in [2.45, 2.75) is 26.7 Å². The standard InChI is InChI=1S/C15H22N2O4/c1-3-8-21-9-4-7-16-15(20)17-13-6-5-11(2)10-12(13)14(18)19/h5-6,10H,3-4,7-9H2,1-2H3,(H,18,19)(H2,16,17,20). The number of anilines is 1. The maximum Gasteiger partial charge on any atom is 0.337 e. The summed E-state index contributed by atoms with van der Waals surface area (Å²) < 4.78 is 5.30. The maximum atomic E-state index is 11.7. The van der Waals surface area contributed by atoms with E-state index in [9.17, 15) is 9.59 Å². The minimum Gasteiger partial charge on any atom is -0.478 e. The van der Waals surface area contributed by atoms with Crippen molar-refractivity contribution in [1.29, 1.82) is 0 Å². The number of benzene rings is 1. The van der Waals surface area contributed by atoms with E-state index in [2.05, 4.69) is 10.6 Å². The van der Waals surface area contributed by atoms with E-state index in [4.69, 9.17) is 9.84 Å². The summed E-state index contributed by atoms with van der Waals surface area (Å²) in [5, 5.41) is 14.3. The number of carboxylic acids is 1. The van der Waals surface area contributed by atoms with Crippen LogP contribution in [0.2, 0.25) is 0 Å². The molecule has 3 N–H and O–H groups in total. The van der Waals surface area contributed by atoms with Gasteiger partial charge in [-0.25, -0.2) is 9.59 Å². The highest BCUT2D eigenvalue weighted by atomic mass is 16.5. The highest BCUT2D eigenvalue weighted by Crippen LogP contribution is 2.17. The van der Waals surface area contributed by atoms with Crippen LogP contribution in [0, 0.1) is 6.92 Å². The Labute approximate surface area is 124 Å². The van der Waals surface area contributed by atoms with Crippen molar-refractivity contribution in [3.8, 4) is 0 Å². The van der Waals surface area contributed by atoms with Gasteiger partial charge >= 0.3 is 12.0 Å². The molecular formula is C15H22N2O4. The van der Waals surface area contributed by atoms with E-state index in [0.29, 0.717) is 19.6 Å². The molecule has 0 saturated heterocycles.